The highest BCUT2D eigenvalue weighted by Gasteiger charge is 2.08. The number of rotatable bonds is 14. The van der Waals surface area contributed by atoms with Crippen LogP contribution >= 0.6 is 0 Å². The van der Waals surface area contributed by atoms with E-state index in [1.165, 1.54) is 0 Å². The van der Waals surface area contributed by atoms with Crippen molar-refractivity contribution >= 4 is 23.6 Å². The van der Waals surface area contributed by atoms with Gasteiger partial charge in [-0.15, -0.1) is 0 Å². The van der Waals surface area contributed by atoms with Gasteiger partial charge in [0.05, 0.1) is 0 Å². The molecule has 0 rings (SSSR count). The smallest absolute Gasteiger partial charge is 0.220 e. The number of carbonyl (C=O) groups excluding carboxylic acids is 4. The Hall–Kier alpha value is -2.16. The highest BCUT2D eigenvalue weighted by atomic mass is 16.2. The van der Waals surface area contributed by atoms with Crippen molar-refractivity contribution in [2.24, 2.45) is 0 Å². The molecule has 0 aromatic carbocycles. The van der Waals surface area contributed by atoms with E-state index in [9.17, 15) is 19.2 Å². The van der Waals surface area contributed by atoms with Gasteiger partial charge in [0.2, 0.25) is 23.6 Å². The fourth-order valence-corrected chi connectivity index (χ4v) is 2.12. The van der Waals surface area contributed by atoms with Gasteiger partial charge in [-0.05, 0) is 27.7 Å². The normalized spacial score (nSPS) is 10.6. The third-order valence-corrected chi connectivity index (χ3v) is 3.31. The van der Waals surface area contributed by atoms with Crippen molar-refractivity contribution in [1.29, 1.82) is 0 Å². The SMILES string of the molecule is CC(C)NC(=O)CCC(=O)NCCNCCNC(=O)CCC(=O)NC(C)C. The van der Waals surface area contributed by atoms with Crippen LogP contribution in [0.5, 0.6) is 0 Å². The number of amides is 4. The molecular formula is C18H35N5O4. The lowest BCUT2D eigenvalue weighted by molar-refractivity contribution is -0.126. The molecule has 27 heavy (non-hydrogen) atoms. The Morgan fingerprint density at radius 3 is 1.22 bits per heavy atom. The van der Waals surface area contributed by atoms with Crippen molar-refractivity contribution in [1.82, 2.24) is 26.6 Å². The molecule has 0 bridgehead atoms. The molecule has 0 radical (unpaired) electrons. The van der Waals surface area contributed by atoms with E-state index in [1.807, 2.05) is 27.7 Å². The van der Waals surface area contributed by atoms with Crippen LogP contribution in [0, 0.1) is 0 Å². The minimum Gasteiger partial charge on any atom is -0.355 e. The standard InChI is InChI=1S/C18H35N5O4/c1-13(2)22-17(26)7-5-15(24)20-11-9-19-10-12-21-16(25)6-8-18(27)23-14(3)4/h13-14,19H,5-12H2,1-4H3,(H,20,24)(H,21,25)(H,22,26)(H,23,27). The average molecular weight is 386 g/mol. The van der Waals surface area contributed by atoms with Gasteiger partial charge in [-0.1, -0.05) is 0 Å². The largest absolute Gasteiger partial charge is 0.355 e. The van der Waals surface area contributed by atoms with Gasteiger partial charge < -0.3 is 26.6 Å². The van der Waals surface area contributed by atoms with E-state index < -0.39 is 0 Å². The van der Waals surface area contributed by atoms with Crippen molar-refractivity contribution in [2.45, 2.75) is 65.5 Å². The van der Waals surface area contributed by atoms with E-state index in [0.717, 1.165) is 0 Å². The Morgan fingerprint density at radius 1 is 0.556 bits per heavy atom. The molecule has 5 N–H and O–H groups in total. The van der Waals surface area contributed by atoms with E-state index in [0.29, 0.717) is 26.2 Å². The van der Waals surface area contributed by atoms with Crippen LogP contribution in [-0.2, 0) is 19.2 Å². The molecule has 0 aliphatic rings. The molecular weight excluding hydrogens is 350 g/mol. The first-order chi connectivity index (χ1) is 12.7. The molecule has 0 aliphatic heterocycles. The Bertz CT molecular complexity index is 438. The fourth-order valence-electron chi connectivity index (χ4n) is 2.12. The molecule has 0 atom stereocenters. The fraction of sp³-hybridized carbons (Fsp3) is 0.778. The van der Waals surface area contributed by atoms with Crippen LogP contribution in [0.25, 0.3) is 0 Å². The maximum atomic E-state index is 11.6. The van der Waals surface area contributed by atoms with Gasteiger partial charge in [0.15, 0.2) is 0 Å². The van der Waals surface area contributed by atoms with Gasteiger partial charge in [0, 0.05) is 63.9 Å². The lowest BCUT2D eigenvalue weighted by Gasteiger charge is -2.10. The summed E-state index contributed by atoms with van der Waals surface area (Å²) in [5.41, 5.74) is 0. The van der Waals surface area contributed by atoms with Crippen molar-refractivity contribution in [3.05, 3.63) is 0 Å². The zero-order chi connectivity index (χ0) is 20.7. The maximum Gasteiger partial charge on any atom is 0.220 e. The lowest BCUT2D eigenvalue weighted by atomic mass is 10.2. The number of carbonyl (C=O) groups is 4. The Balaban J connectivity index is 3.53. The Labute approximate surface area is 161 Å². The molecule has 0 saturated heterocycles. The second kappa shape index (κ2) is 15.0. The van der Waals surface area contributed by atoms with Crippen LogP contribution < -0.4 is 26.6 Å². The highest BCUT2D eigenvalue weighted by molar-refractivity contribution is 5.84. The molecule has 9 nitrogen and oxygen atoms in total. The first-order valence-electron chi connectivity index (χ1n) is 9.53. The van der Waals surface area contributed by atoms with E-state index >= 15 is 0 Å². The summed E-state index contributed by atoms with van der Waals surface area (Å²) in [5, 5.41) is 14.0. The molecule has 9 heteroatoms. The summed E-state index contributed by atoms with van der Waals surface area (Å²) in [7, 11) is 0. The van der Waals surface area contributed by atoms with Crippen LogP contribution in [-0.4, -0.2) is 61.9 Å². The van der Waals surface area contributed by atoms with E-state index in [1.54, 1.807) is 0 Å². The van der Waals surface area contributed by atoms with E-state index in [-0.39, 0.29) is 61.4 Å². The second-order valence-electron chi connectivity index (χ2n) is 6.89. The van der Waals surface area contributed by atoms with Crippen molar-refractivity contribution in [3.63, 3.8) is 0 Å². The first-order valence-corrected chi connectivity index (χ1v) is 9.53. The number of hydrogen-bond donors (Lipinski definition) is 5. The van der Waals surface area contributed by atoms with Gasteiger partial charge in [-0.25, -0.2) is 0 Å². The van der Waals surface area contributed by atoms with Gasteiger partial charge >= 0.3 is 0 Å². The van der Waals surface area contributed by atoms with Crippen LogP contribution in [0.1, 0.15) is 53.4 Å². The molecule has 0 aliphatic carbocycles. The van der Waals surface area contributed by atoms with Gasteiger partial charge in [-0.2, -0.15) is 0 Å². The molecule has 0 heterocycles. The first kappa shape index (κ1) is 24.8. The highest BCUT2D eigenvalue weighted by Crippen LogP contribution is 1.91. The molecule has 0 saturated carbocycles. The summed E-state index contributed by atoms with van der Waals surface area (Å²) in [4.78, 5) is 46.1. The maximum absolute atomic E-state index is 11.6. The van der Waals surface area contributed by atoms with Crippen molar-refractivity contribution in [2.75, 3.05) is 26.2 Å². The molecule has 0 fully saturated rings. The van der Waals surface area contributed by atoms with Crippen molar-refractivity contribution < 1.29 is 19.2 Å². The third-order valence-electron chi connectivity index (χ3n) is 3.31. The summed E-state index contributed by atoms with van der Waals surface area (Å²) in [6.45, 7) is 9.52. The van der Waals surface area contributed by atoms with Crippen LogP contribution in [0.15, 0.2) is 0 Å². The quantitative estimate of drug-likeness (QED) is 0.256. The summed E-state index contributed by atoms with van der Waals surface area (Å²) >= 11 is 0. The Kier molecular flexibility index (Phi) is 13.8. The summed E-state index contributed by atoms with van der Waals surface area (Å²) in [6, 6.07) is 0.143. The summed E-state index contributed by atoms with van der Waals surface area (Å²) < 4.78 is 0. The van der Waals surface area contributed by atoms with Crippen molar-refractivity contribution in [3.8, 4) is 0 Å². The average Bonchev–Trinajstić information content (AvgIpc) is 2.56. The predicted molar refractivity (Wildman–Crippen MR) is 104 cm³/mol. The van der Waals surface area contributed by atoms with Crippen LogP contribution in [0.2, 0.25) is 0 Å². The summed E-state index contributed by atoms with van der Waals surface area (Å²) in [6.07, 6.45) is 0.690. The van der Waals surface area contributed by atoms with Crippen LogP contribution in [0.3, 0.4) is 0 Å². The zero-order valence-corrected chi connectivity index (χ0v) is 16.9. The molecule has 156 valence electrons. The number of nitrogens with one attached hydrogen (secondary N) is 5. The Morgan fingerprint density at radius 2 is 0.889 bits per heavy atom. The van der Waals surface area contributed by atoms with Gasteiger partial charge in [-0.3, -0.25) is 19.2 Å². The minimum absolute atomic E-state index is 0.0717. The molecule has 0 aromatic rings. The zero-order valence-electron chi connectivity index (χ0n) is 16.9. The lowest BCUT2D eigenvalue weighted by Crippen LogP contribution is -2.37. The minimum atomic E-state index is -0.163. The van der Waals surface area contributed by atoms with Crippen LogP contribution in [0.4, 0.5) is 0 Å². The topological polar surface area (TPSA) is 128 Å². The molecule has 0 unspecified atom stereocenters. The monoisotopic (exact) mass is 385 g/mol. The summed E-state index contributed by atoms with van der Waals surface area (Å²) in [5.74, 6) is -0.584. The predicted octanol–water partition coefficient (Wildman–Crippen LogP) is -0.582. The molecule has 4 amide bonds. The van der Waals surface area contributed by atoms with E-state index in [4.69, 9.17) is 0 Å². The molecule has 0 spiro atoms. The van der Waals surface area contributed by atoms with E-state index in [2.05, 4.69) is 26.6 Å². The second-order valence-corrected chi connectivity index (χ2v) is 6.89. The number of hydrogen-bond acceptors (Lipinski definition) is 5. The van der Waals surface area contributed by atoms with Gasteiger partial charge in [0.25, 0.3) is 0 Å². The molecule has 0 aromatic heterocycles. The van der Waals surface area contributed by atoms with Gasteiger partial charge in [0.1, 0.15) is 0 Å². The third kappa shape index (κ3) is 17.0.